The van der Waals surface area contributed by atoms with Gasteiger partial charge in [-0.15, -0.1) is 11.3 Å². The minimum absolute atomic E-state index is 0.109. The molecule has 2 aromatic heterocycles. The summed E-state index contributed by atoms with van der Waals surface area (Å²) in [4.78, 5) is 28.2. The Labute approximate surface area is 150 Å². The van der Waals surface area contributed by atoms with E-state index in [9.17, 15) is 9.59 Å². The first-order valence-corrected chi connectivity index (χ1v) is 8.74. The fraction of sp³-hybridized carbons (Fsp3) is 0.438. The number of carbonyl (C=O) groups excluding carboxylic acids is 2. The molecular weight excluding hydrogens is 344 g/mol. The predicted molar refractivity (Wildman–Crippen MR) is 95.0 cm³/mol. The van der Waals surface area contributed by atoms with E-state index in [-0.39, 0.29) is 18.2 Å². The van der Waals surface area contributed by atoms with Gasteiger partial charge in [0.2, 0.25) is 5.91 Å². The van der Waals surface area contributed by atoms with Crippen LogP contribution in [0.2, 0.25) is 0 Å². The highest BCUT2D eigenvalue weighted by Crippen LogP contribution is 2.18. The highest BCUT2D eigenvalue weighted by atomic mass is 32.1. The van der Waals surface area contributed by atoms with E-state index in [1.165, 1.54) is 17.6 Å². The topological polar surface area (TPSA) is 105 Å². The van der Waals surface area contributed by atoms with Gasteiger partial charge in [0, 0.05) is 32.1 Å². The summed E-state index contributed by atoms with van der Waals surface area (Å²) in [5, 5.41) is 10.9. The number of aryl methyl sites for hydroxylation is 1. The number of hydrogen-bond donors (Lipinski definition) is 3. The van der Waals surface area contributed by atoms with Crippen molar-refractivity contribution in [3.63, 3.8) is 0 Å². The molecule has 0 saturated heterocycles. The van der Waals surface area contributed by atoms with E-state index in [0.717, 1.165) is 6.54 Å². The number of methoxy groups -OCH3 is 1. The lowest BCUT2D eigenvalue weighted by Crippen LogP contribution is -2.33. The van der Waals surface area contributed by atoms with E-state index in [1.54, 1.807) is 25.5 Å². The van der Waals surface area contributed by atoms with Crippen LogP contribution in [0.25, 0.3) is 0 Å². The van der Waals surface area contributed by atoms with E-state index in [4.69, 9.17) is 9.15 Å². The maximum atomic E-state index is 12.1. The van der Waals surface area contributed by atoms with E-state index >= 15 is 0 Å². The molecule has 25 heavy (non-hydrogen) atoms. The number of nitrogens with one attached hydrogen (secondary N) is 3. The first kappa shape index (κ1) is 19.1. The van der Waals surface area contributed by atoms with Gasteiger partial charge in [0.1, 0.15) is 5.76 Å². The zero-order valence-corrected chi connectivity index (χ0v) is 15.1. The highest BCUT2D eigenvalue weighted by molar-refractivity contribution is 7.14. The molecule has 0 saturated carbocycles. The molecule has 0 fully saturated rings. The van der Waals surface area contributed by atoms with Crippen LogP contribution in [0, 0.1) is 6.92 Å². The summed E-state index contributed by atoms with van der Waals surface area (Å²) in [5.74, 6) is 0.161. The van der Waals surface area contributed by atoms with Crippen LogP contribution in [0.15, 0.2) is 22.1 Å². The third kappa shape index (κ3) is 6.29. The second-order valence-electron chi connectivity index (χ2n) is 5.26. The number of carbonyl (C=O) groups is 2. The summed E-state index contributed by atoms with van der Waals surface area (Å²) in [6.07, 6.45) is 1.64. The number of furan rings is 1. The van der Waals surface area contributed by atoms with E-state index in [2.05, 4.69) is 20.9 Å². The third-order valence-corrected chi connectivity index (χ3v) is 4.13. The molecule has 8 nitrogen and oxygen atoms in total. The van der Waals surface area contributed by atoms with Gasteiger partial charge in [-0.1, -0.05) is 0 Å². The molecule has 0 aliphatic carbocycles. The number of nitrogens with zero attached hydrogens (tertiary/aromatic N) is 1. The van der Waals surface area contributed by atoms with Crippen molar-refractivity contribution in [2.45, 2.75) is 13.3 Å². The summed E-state index contributed by atoms with van der Waals surface area (Å²) in [7, 11) is 1.64. The lowest BCUT2D eigenvalue weighted by Gasteiger charge is -2.05. The molecule has 3 N–H and O–H groups in total. The van der Waals surface area contributed by atoms with Crippen LogP contribution >= 0.6 is 11.3 Å². The van der Waals surface area contributed by atoms with Crippen molar-refractivity contribution >= 4 is 28.3 Å². The van der Waals surface area contributed by atoms with Crippen molar-refractivity contribution in [1.29, 1.82) is 0 Å². The fourth-order valence-corrected chi connectivity index (χ4v) is 2.75. The molecule has 0 atom stereocenters. The number of thiazole rings is 1. The van der Waals surface area contributed by atoms with E-state index in [0.29, 0.717) is 41.8 Å². The molecule has 0 unspecified atom stereocenters. The van der Waals surface area contributed by atoms with Crippen LogP contribution in [-0.4, -0.2) is 50.1 Å². The molecule has 0 aliphatic heterocycles. The van der Waals surface area contributed by atoms with Crippen molar-refractivity contribution in [1.82, 2.24) is 15.6 Å². The predicted octanol–water partition coefficient (Wildman–Crippen LogP) is 1.19. The average Bonchev–Trinajstić information content (AvgIpc) is 3.19. The zero-order chi connectivity index (χ0) is 18.1. The Balaban J connectivity index is 1.72. The molecule has 0 aliphatic rings. The molecular formula is C16H22N4O4S. The Bertz CT molecular complexity index is 698. The quantitative estimate of drug-likeness (QED) is 0.546. The summed E-state index contributed by atoms with van der Waals surface area (Å²) < 4.78 is 10.0. The van der Waals surface area contributed by atoms with Crippen molar-refractivity contribution in [3.05, 3.63) is 34.7 Å². The molecule has 9 heteroatoms. The lowest BCUT2D eigenvalue weighted by molar-refractivity contribution is -0.120. The van der Waals surface area contributed by atoms with Gasteiger partial charge in [0.15, 0.2) is 5.13 Å². The van der Waals surface area contributed by atoms with Crippen LogP contribution in [0.5, 0.6) is 0 Å². The van der Waals surface area contributed by atoms with E-state index in [1.807, 2.05) is 0 Å². The van der Waals surface area contributed by atoms with Gasteiger partial charge in [0.05, 0.1) is 30.5 Å². The van der Waals surface area contributed by atoms with Crippen molar-refractivity contribution < 1.29 is 18.7 Å². The minimum Gasteiger partial charge on any atom is -0.469 e. The van der Waals surface area contributed by atoms with Crippen molar-refractivity contribution in [2.24, 2.45) is 0 Å². The smallest absolute Gasteiger partial charge is 0.260 e. The Morgan fingerprint density at radius 3 is 2.88 bits per heavy atom. The Kier molecular flexibility index (Phi) is 7.58. The molecule has 0 bridgehead atoms. The van der Waals surface area contributed by atoms with Gasteiger partial charge in [-0.3, -0.25) is 14.9 Å². The standard InChI is InChI=1S/C16H22N4O4S/c1-11-13(3-7-24-11)15(22)20-16-19-12(10-25-16)9-14(21)18-5-4-17-6-8-23-2/h3,7,10,17H,4-6,8-9H2,1-2H3,(H,18,21)(H,19,20,22). The Morgan fingerprint density at radius 2 is 2.16 bits per heavy atom. The normalized spacial score (nSPS) is 10.6. The number of amides is 2. The largest absolute Gasteiger partial charge is 0.469 e. The Morgan fingerprint density at radius 1 is 1.32 bits per heavy atom. The monoisotopic (exact) mass is 366 g/mol. The first-order chi connectivity index (χ1) is 12.1. The SMILES string of the molecule is COCCNCCNC(=O)Cc1csc(NC(=O)c2ccoc2C)n1. The van der Waals surface area contributed by atoms with Gasteiger partial charge in [0.25, 0.3) is 5.91 Å². The van der Waals surface area contributed by atoms with Gasteiger partial charge < -0.3 is 19.8 Å². The molecule has 136 valence electrons. The fourth-order valence-electron chi connectivity index (χ4n) is 2.05. The van der Waals surface area contributed by atoms with Crippen LogP contribution < -0.4 is 16.0 Å². The lowest BCUT2D eigenvalue weighted by atomic mass is 10.2. The molecule has 0 spiro atoms. The van der Waals surface area contributed by atoms with Crippen LogP contribution in [0.3, 0.4) is 0 Å². The Hall–Kier alpha value is -2.23. The van der Waals surface area contributed by atoms with Crippen LogP contribution in [0.4, 0.5) is 5.13 Å². The number of aromatic nitrogens is 1. The first-order valence-electron chi connectivity index (χ1n) is 7.86. The van der Waals surface area contributed by atoms with Gasteiger partial charge >= 0.3 is 0 Å². The van der Waals surface area contributed by atoms with Gasteiger partial charge in [-0.05, 0) is 13.0 Å². The molecule has 2 rings (SSSR count). The third-order valence-electron chi connectivity index (χ3n) is 3.32. The van der Waals surface area contributed by atoms with Crippen molar-refractivity contribution in [3.8, 4) is 0 Å². The van der Waals surface area contributed by atoms with Crippen LogP contribution in [0.1, 0.15) is 21.8 Å². The summed E-state index contributed by atoms with van der Waals surface area (Å²) in [6.45, 7) is 4.32. The summed E-state index contributed by atoms with van der Waals surface area (Å²) in [5.41, 5.74) is 1.09. The highest BCUT2D eigenvalue weighted by Gasteiger charge is 2.14. The number of anilines is 1. The van der Waals surface area contributed by atoms with E-state index < -0.39 is 0 Å². The summed E-state index contributed by atoms with van der Waals surface area (Å²) in [6, 6.07) is 1.60. The maximum absolute atomic E-state index is 12.1. The molecule has 2 heterocycles. The second-order valence-corrected chi connectivity index (χ2v) is 6.12. The minimum atomic E-state index is -0.279. The van der Waals surface area contributed by atoms with Crippen LogP contribution in [-0.2, 0) is 16.0 Å². The molecule has 2 aromatic rings. The second kappa shape index (κ2) is 9.92. The number of hydrogen-bond acceptors (Lipinski definition) is 7. The number of rotatable bonds is 10. The molecule has 2 amide bonds. The molecule has 0 aromatic carbocycles. The molecule has 0 radical (unpaired) electrons. The van der Waals surface area contributed by atoms with Gasteiger partial charge in [-0.2, -0.15) is 0 Å². The van der Waals surface area contributed by atoms with Gasteiger partial charge in [-0.25, -0.2) is 4.98 Å². The maximum Gasteiger partial charge on any atom is 0.260 e. The number of ether oxygens (including phenoxy) is 1. The summed E-state index contributed by atoms with van der Waals surface area (Å²) >= 11 is 1.28. The van der Waals surface area contributed by atoms with Crippen molar-refractivity contribution in [2.75, 3.05) is 38.7 Å². The zero-order valence-electron chi connectivity index (χ0n) is 14.3. The average molecular weight is 366 g/mol.